The molecule has 47 heavy (non-hydrogen) atoms. The standard InChI is InChI=1S/C47H30/c1-47(2)41-25-31(39-23-33-11-3-7-27-15-17-29-9-5-13-37(39)45(29)43(27)33)19-21-35(41)36-22-20-32(26-42(36)47)40-24-34-12-4-8-28-16-18-30-10-6-14-38(40)46(30)44(28)34/h3-26H,1-2H3. The molecule has 0 atom stereocenters. The van der Waals surface area contributed by atoms with Crippen LogP contribution in [0.1, 0.15) is 25.0 Å². The Kier molecular flexibility index (Phi) is 4.74. The Balaban J connectivity index is 1.10. The van der Waals surface area contributed by atoms with Gasteiger partial charge >= 0.3 is 0 Å². The Morgan fingerprint density at radius 3 is 1.15 bits per heavy atom. The Morgan fingerprint density at radius 1 is 0.319 bits per heavy atom. The summed E-state index contributed by atoms with van der Waals surface area (Å²) >= 11 is 0. The van der Waals surface area contributed by atoms with Crippen LogP contribution in [0, 0.1) is 0 Å². The van der Waals surface area contributed by atoms with Crippen LogP contribution in [0.4, 0.5) is 0 Å². The van der Waals surface area contributed by atoms with Gasteiger partial charge in [-0.05, 0) is 133 Å². The van der Waals surface area contributed by atoms with Gasteiger partial charge in [0, 0.05) is 5.41 Å². The van der Waals surface area contributed by atoms with Crippen LogP contribution in [0.5, 0.6) is 0 Å². The summed E-state index contributed by atoms with van der Waals surface area (Å²) in [5.41, 5.74) is 10.6. The van der Waals surface area contributed by atoms with Crippen LogP contribution in [-0.4, -0.2) is 0 Å². The average molecular weight is 595 g/mol. The molecule has 10 aromatic rings. The molecule has 0 radical (unpaired) electrons. The van der Waals surface area contributed by atoms with Crippen molar-refractivity contribution in [2.45, 2.75) is 19.3 Å². The molecule has 11 rings (SSSR count). The van der Waals surface area contributed by atoms with E-state index in [1.54, 1.807) is 0 Å². The fourth-order valence-corrected chi connectivity index (χ4v) is 9.07. The maximum atomic E-state index is 2.48. The van der Waals surface area contributed by atoms with Gasteiger partial charge in [0.05, 0.1) is 0 Å². The number of hydrogen-bond donors (Lipinski definition) is 0. The highest BCUT2D eigenvalue weighted by atomic mass is 14.4. The minimum Gasteiger partial charge on any atom is -0.0610 e. The van der Waals surface area contributed by atoms with E-state index in [9.17, 15) is 0 Å². The molecule has 0 unspecified atom stereocenters. The lowest BCUT2D eigenvalue weighted by molar-refractivity contribution is 0.661. The minimum atomic E-state index is -0.130. The summed E-state index contributed by atoms with van der Waals surface area (Å²) in [6, 6.07) is 55.2. The first-order chi connectivity index (χ1) is 23.0. The second kappa shape index (κ2) is 8.75. The second-order valence-corrected chi connectivity index (χ2v) is 14.1. The van der Waals surface area contributed by atoms with Gasteiger partial charge < -0.3 is 0 Å². The number of rotatable bonds is 2. The van der Waals surface area contributed by atoms with Crippen LogP contribution in [0.2, 0.25) is 0 Å². The topological polar surface area (TPSA) is 0 Å². The molecule has 0 N–H and O–H groups in total. The predicted molar refractivity (Wildman–Crippen MR) is 202 cm³/mol. The second-order valence-electron chi connectivity index (χ2n) is 14.1. The maximum absolute atomic E-state index is 2.48. The van der Waals surface area contributed by atoms with Crippen molar-refractivity contribution in [1.82, 2.24) is 0 Å². The monoisotopic (exact) mass is 594 g/mol. The first-order valence-electron chi connectivity index (χ1n) is 16.7. The zero-order valence-electron chi connectivity index (χ0n) is 26.4. The van der Waals surface area contributed by atoms with Gasteiger partial charge in [0.2, 0.25) is 0 Å². The molecule has 0 amide bonds. The van der Waals surface area contributed by atoms with Gasteiger partial charge in [-0.25, -0.2) is 0 Å². The minimum absolute atomic E-state index is 0.130. The lowest BCUT2D eigenvalue weighted by atomic mass is 9.80. The Morgan fingerprint density at radius 2 is 0.702 bits per heavy atom. The van der Waals surface area contributed by atoms with E-state index in [2.05, 4.69) is 159 Å². The zero-order chi connectivity index (χ0) is 31.0. The molecule has 0 fully saturated rings. The van der Waals surface area contributed by atoms with E-state index < -0.39 is 0 Å². The number of hydrogen-bond acceptors (Lipinski definition) is 0. The molecular formula is C47H30. The molecule has 0 bridgehead atoms. The zero-order valence-corrected chi connectivity index (χ0v) is 26.4. The van der Waals surface area contributed by atoms with Gasteiger partial charge in [-0.1, -0.05) is 135 Å². The molecule has 10 aromatic carbocycles. The smallest absolute Gasteiger partial charge is 0.0159 e. The SMILES string of the molecule is CC1(C)c2cc(-c3cc4cccc5ccc6cccc3c6c54)ccc2-c2ccc(-c3cc4cccc5ccc6cccc3c6c54)cc21. The lowest BCUT2D eigenvalue weighted by Crippen LogP contribution is -2.15. The summed E-state index contributed by atoms with van der Waals surface area (Å²) in [5.74, 6) is 0. The quantitative estimate of drug-likeness (QED) is 0.175. The number of benzene rings is 10. The van der Waals surface area contributed by atoms with Gasteiger partial charge in [0.15, 0.2) is 0 Å². The third-order valence-corrected chi connectivity index (χ3v) is 11.3. The summed E-state index contributed by atoms with van der Waals surface area (Å²) in [6.45, 7) is 4.81. The molecule has 1 aliphatic carbocycles. The van der Waals surface area contributed by atoms with Gasteiger partial charge in [-0.15, -0.1) is 0 Å². The van der Waals surface area contributed by atoms with Crippen molar-refractivity contribution >= 4 is 64.6 Å². The molecule has 0 aliphatic heterocycles. The summed E-state index contributed by atoms with van der Waals surface area (Å²) in [4.78, 5) is 0. The fraction of sp³-hybridized carbons (Fsp3) is 0.0638. The van der Waals surface area contributed by atoms with Crippen molar-refractivity contribution in [1.29, 1.82) is 0 Å². The third kappa shape index (κ3) is 3.27. The molecule has 0 heteroatoms. The molecule has 0 saturated carbocycles. The molecule has 218 valence electrons. The van der Waals surface area contributed by atoms with Crippen molar-refractivity contribution < 1.29 is 0 Å². The highest BCUT2D eigenvalue weighted by Crippen LogP contribution is 2.52. The largest absolute Gasteiger partial charge is 0.0610 e. The van der Waals surface area contributed by atoms with Crippen molar-refractivity contribution in [2.75, 3.05) is 0 Å². The van der Waals surface area contributed by atoms with Gasteiger partial charge in [-0.3, -0.25) is 0 Å². The van der Waals surface area contributed by atoms with Gasteiger partial charge in [-0.2, -0.15) is 0 Å². The molecule has 0 nitrogen and oxygen atoms in total. The van der Waals surface area contributed by atoms with Crippen LogP contribution in [-0.2, 0) is 5.41 Å². The first kappa shape index (κ1) is 25.5. The Labute approximate surface area is 273 Å². The molecule has 0 spiro atoms. The first-order valence-corrected chi connectivity index (χ1v) is 16.7. The highest BCUT2D eigenvalue weighted by Gasteiger charge is 2.36. The normalized spacial score (nSPS) is 13.9. The van der Waals surface area contributed by atoms with E-state index in [0.717, 1.165) is 0 Å². The summed E-state index contributed by atoms with van der Waals surface area (Å²) in [6.07, 6.45) is 0. The van der Waals surface area contributed by atoms with E-state index in [1.807, 2.05) is 0 Å². The average Bonchev–Trinajstić information content (AvgIpc) is 3.34. The van der Waals surface area contributed by atoms with Crippen molar-refractivity contribution in [3.8, 4) is 33.4 Å². The molecule has 0 heterocycles. The van der Waals surface area contributed by atoms with E-state index in [4.69, 9.17) is 0 Å². The third-order valence-electron chi connectivity index (χ3n) is 11.3. The molecular weight excluding hydrogens is 565 g/mol. The van der Waals surface area contributed by atoms with Crippen LogP contribution >= 0.6 is 0 Å². The summed E-state index contributed by atoms with van der Waals surface area (Å²) in [5, 5.41) is 16.0. The van der Waals surface area contributed by atoms with Gasteiger partial charge in [0.1, 0.15) is 0 Å². The van der Waals surface area contributed by atoms with Gasteiger partial charge in [0.25, 0.3) is 0 Å². The fourth-order valence-electron chi connectivity index (χ4n) is 9.07. The highest BCUT2D eigenvalue weighted by molar-refractivity contribution is 6.27. The van der Waals surface area contributed by atoms with E-state index >= 15 is 0 Å². The Hall–Kier alpha value is -5.72. The number of fused-ring (bicyclic) bond motifs is 3. The van der Waals surface area contributed by atoms with E-state index in [-0.39, 0.29) is 5.41 Å². The Bertz CT molecular complexity index is 2720. The molecule has 1 aliphatic rings. The van der Waals surface area contributed by atoms with Crippen LogP contribution < -0.4 is 0 Å². The van der Waals surface area contributed by atoms with Crippen LogP contribution in [0.25, 0.3) is 98.0 Å². The van der Waals surface area contributed by atoms with Crippen molar-refractivity contribution in [3.63, 3.8) is 0 Å². The summed E-state index contributed by atoms with van der Waals surface area (Å²) < 4.78 is 0. The maximum Gasteiger partial charge on any atom is 0.0159 e. The van der Waals surface area contributed by atoms with E-state index in [0.29, 0.717) is 0 Å². The molecule has 0 aromatic heterocycles. The van der Waals surface area contributed by atoms with Crippen LogP contribution in [0.3, 0.4) is 0 Å². The lowest BCUT2D eigenvalue weighted by Gasteiger charge is -2.23. The van der Waals surface area contributed by atoms with Crippen molar-refractivity contribution in [3.05, 3.63) is 157 Å². The summed E-state index contributed by atoms with van der Waals surface area (Å²) in [7, 11) is 0. The predicted octanol–water partition coefficient (Wildman–Crippen LogP) is 13.1. The van der Waals surface area contributed by atoms with Crippen LogP contribution in [0.15, 0.2) is 146 Å². The van der Waals surface area contributed by atoms with Crippen molar-refractivity contribution in [2.24, 2.45) is 0 Å². The van der Waals surface area contributed by atoms with E-state index in [1.165, 1.54) is 109 Å². The molecule has 0 saturated heterocycles.